The lowest BCUT2D eigenvalue weighted by Crippen LogP contribution is -2.24. The molecule has 1 saturated heterocycles. The predicted octanol–water partition coefficient (Wildman–Crippen LogP) is 3.20. The smallest absolute Gasteiger partial charge is 0.261 e. The molecule has 1 N–H and O–H groups in total. The number of anilines is 2. The van der Waals surface area contributed by atoms with Crippen molar-refractivity contribution in [1.29, 1.82) is 0 Å². The number of nitrogens with zero attached hydrogens (tertiary/aromatic N) is 1. The number of carbonyl (C=O) groups excluding carboxylic acids is 1. The Morgan fingerprint density at radius 2 is 1.84 bits per heavy atom. The van der Waals surface area contributed by atoms with Crippen LogP contribution in [0.5, 0.6) is 0 Å². The topological polar surface area (TPSA) is 66.5 Å². The number of amides is 1. The summed E-state index contributed by atoms with van der Waals surface area (Å²) in [6, 6.07) is 7.18. The van der Waals surface area contributed by atoms with E-state index in [1.54, 1.807) is 24.0 Å². The molecule has 2 aromatic rings. The molecule has 1 aliphatic rings. The van der Waals surface area contributed by atoms with Gasteiger partial charge < -0.3 is 4.90 Å². The Hall–Kier alpha value is -2.48. The minimum absolute atomic E-state index is 0.0400. The van der Waals surface area contributed by atoms with Crippen molar-refractivity contribution < 1.29 is 22.0 Å². The molecule has 0 spiro atoms. The van der Waals surface area contributed by atoms with E-state index in [1.165, 1.54) is 6.07 Å². The van der Waals surface area contributed by atoms with Crippen LogP contribution in [0.1, 0.15) is 18.4 Å². The molecule has 5 nitrogen and oxygen atoms in total. The zero-order valence-electron chi connectivity index (χ0n) is 13.4. The van der Waals surface area contributed by atoms with E-state index in [4.69, 9.17) is 0 Å². The number of sulfonamides is 1. The van der Waals surface area contributed by atoms with E-state index < -0.39 is 21.7 Å². The fourth-order valence-electron chi connectivity index (χ4n) is 2.78. The Morgan fingerprint density at radius 1 is 1.08 bits per heavy atom. The summed E-state index contributed by atoms with van der Waals surface area (Å²) in [6.45, 7) is 2.41. The normalized spacial score (nSPS) is 14.8. The molecule has 0 radical (unpaired) electrons. The fourth-order valence-corrected chi connectivity index (χ4v) is 3.84. The average Bonchev–Trinajstić information content (AvgIpc) is 2.95. The van der Waals surface area contributed by atoms with Gasteiger partial charge in [0.05, 0.1) is 4.90 Å². The largest absolute Gasteiger partial charge is 0.312 e. The number of rotatable bonds is 4. The van der Waals surface area contributed by atoms with Gasteiger partial charge in [0.2, 0.25) is 5.91 Å². The first-order valence-electron chi connectivity index (χ1n) is 7.67. The maximum absolute atomic E-state index is 13.3. The summed E-state index contributed by atoms with van der Waals surface area (Å²) in [6.07, 6.45) is 1.30. The maximum atomic E-state index is 13.3. The quantitative estimate of drug-likeness (QED) is 0.904. The SMILES string of the molecule is Cc1cc(NS(=O)(=O)c2ccc(F)c(F)c2)ccc1N1CCCC1=O. The predicted molar refractivity (Wildman–Crippen MR) is 89.9 cm³/mol. The second-order valence-corrected chi connectivity index (χ2v) is 7.51. The number of benzene rings is 2. The second-order valence-electron chi connectivity index (χ2n) is 5.83. The van der Waals surface area contributed by atoms with E-state index in [0.717, 1.165) is 29.8 Å². The summed E-state index contributed by atoms with van der Waals surface area (Å²) < 4.78 is 53.2. The Kier molecular flexibility index (Phi) is 4.47. The third-order valence-electron chi connectivity index (χ3n) is 4.01. The first-order valence-corrected chi connectivity index (χ1v) is 9.15. The molecule has 0 aliphatic carbocycles. The summed E-state index contributed by atoms with van der Waals surface area (Å²) >= 11 is 0. The van der Waals surface area contributed by atoms with Crippen LogP contribution >= 0.6 is 0 Å². The number of halogens is 2. The highest BCUT2D eigenvalue weighted by Crippen LogP contribution is 2.28. The minimum atomic E-state index is -4.05. The molecule has 25 heavy (non-hydrogen) atoms. The highest BCUT2D eigenvalue weighted by molar-refractivity contribution is 7.92. The van der Waals surface area contributed by atoms with E-state index in [9.17, 15) is 22.0 Å². The molecular formula is C17H16F2N2O3S. The van der Waals surface area contributed by atoms with Gasteiger partial charge in [0, 0.05) is 24.3 Å². The Balaban J connectivity index is 1.86. The molecule has 0 atom stereocenters. The van der Waals surface area contributed by atoms with Crippen LogP contribution in [0.15, 0.2) is 41.3 Å². The molecule has 2 aromatic carbocycles. The fraction of sp³-hybridized carbons (Fsp3) is 0.235. The van der Waals surface area contributed by atoms with Crippen LogP contribution in [0.2, 0.25) is 0 Å². The molecule has 0 aromatic heterocycles. The summed E-state index contributed by atoms with van der Waals surface area (Å²) in [5.74, 6) is -2.31. The van der Waals surface area contributed by atoms with Crippen molar-refractivity contribution in [1.82, 2.24) is 0 Å². The van der Waals surface area contributed by atoms with Crippen molar-refractivity contribution in [2.24, 2.45) is 0 Å². The monoisotopic (exact) mass is 366 g/mol. The van der Waals surface area contributed by atoms with Crippen LogP contribution in [0.25, 0.3) is 0 Å². The Labute approximate surface area is 144 Å². The molecule has 0 unspecified atom stereocenters. The highest BCUT2D eigenvalue weighted by atomic mass is 32.2. The number of hydrogen-bond donors (Lipinski definition) is 1. The van der Waals surface area contributed by atoms with Crippen LogP contribution in [0.3, 0.4) is 0 Å². The van der Waals surface area contributed by atoms with Gasteiger partial charge in [-0.2, -0.15) is 0 Å². The molecule has 132 valence electrons. The van der Waals surface area contributed by atoms with E-state index in [0.29, 0.717) is 19.0 Å². The lowest BCUT2D eigenvalue weighted by molar-refractivity contribution is -0.117. The van der Waals surface area contributed by atoms with Gasteiger partial charge in [-0.25, -0.2) is 17.2 Å². The lowest BCUT2D eigenvalue weighted by Gasteiger charge is -2.19. The van der Waals surface area contributed by atoms with Crippen molar-refractivity contribution in [3.63, 3.8) is 0 Å². The highest BCUT2D eigenvalue weighted by Gasteiger charge is 2.23. The average molecular weight is 366 g/mol. The van der Waals surface area contributed by atoms with Crippen molar-refractivity contribution in [3.05, 3.63) is 53.6 Å². The lowest BCUT2D eigenvalue weighted by atomic mass is 10.1. The van der Waals surface area contributed by atoms with Crippen molar-refractivity contribution in [3.8, 4) is 0 Å². The number of nitrogens with one attached hydrogen (secondary N) is 1. The van der Waals surface area contributed by atoms with E-state index in [2.05, 4.69) is 4.72 Å². The van der Waals surface area contributed by atoms with Gasteiger partial charge in [0.15, 0.2) is 11.6 Å². The van der Waals surface area contributed by atoms with Crippen molar-refractivity contribution in [2.45, 2.75) is 24.7 Å². The van der Waals surface area contributed by atoms with Crippen LogP contribution in [0.4, 0.5) is 20.2 Å². The molecular weight excluding hydrogens is 350 g/mol. The molecule has 0 saturated carbocycles. The molecule has 3 rings (SSSR count). The molecule has 1 fully saturated rings. The maximum Gasteiger partial charge on any atom is 0.261 e. The van der Waals surface area contributed by atoms with Crippen LogP contribution in [0, 0.1) is 18.6 Å². The number of carbonyl (C=O) groups is 1. The Bertz CT molecular complexity index is 945. The van der Waals surface area contributed by atoms with Crippen molar-refractivity contribution in [2.75, 3.05) is 16.2 Å². The zero-order chi connectivity index (χ0) is 18.2. The van der Waals surface area contributed by atoms with E-state index in [-0.39, 0.29) is 16.5 Å². The van der Waals surface area contributed by atoms with Crippen LogP contribution in [-0.4, -0.2) is 20.9 Å². The van der Waals surface area contributed by atoms with Crippen LogP contribution in [-0.2, 0) is 14.8 Å². The number of hydrogen-bond acceptors (Lipinski definition) is 3. The summed E-state index contributed by atoms with van der Waals surface area (Å²) in [4.78, 5) is 13.1. The van der Waals surface area contributed by atoms with E-state index >= 15 is 0 Å². The summed E-state index contributed by atoms with van der Waals surface area (Å²) in [5, 5.41) is 0. The van der Waals surface area contributed by atoms with Gasteiger partial charge in [-0.1, -0.05) is 0 Å². The second kappa shape index (κ2) is 6.44. The number of aryl methyl sites for hydroxylation is 1. The Morgan fingerprint density at radius 3 is 2.44 bits per heavy atom. The van der Waals surface area contributed by atoms with Gasteiger partial charge in [0.25, 0.3) is 10.0 Å². The first kappa shape index (κ1) is 17.3. The van der Waals surface area contributed by atoms with Gasteiger partial charge in [-0.05, 0) is 55.3 Å². The first-order chi connectivity index (χ1) is 11.8. The van der Waals surface area contributed by atoms with E-state index in [1.807, 2.05) is 0 Å². The van der Waals surface area contributed by atoms with Gasteiger partial charge in [-0.3, -0.25) is 9.52 Å². The third-order valence-corrected chi connectivity index (χ3v) is 5.39. The summed E-state index contributed by atoms with van der Waals surface area (Å²) in [7, 11) is -4.05. The third kappa shape index (κ3) is 3.48. The standard InChI is InChI=1S/C17H16F2N2O3S/c1-11-9-12(4-7-16(11)21-8-2-3-17(21)22)20-25(23,24)13-5-6-14(18)15(19)10-13/h4-7,9-10,20H,2-3,8H2,1H3. The van der Waals surface area contributed by atoms with Crippen LogP contribution < -0.4 is 9.62 Å². The molecule has 1 aliphatic heterocycles. The van der Waals surface area contributed by atoms with Gasteiger partial charge in [0.1, 0.15) is 0 Å². The zero-order valence-corrected chi connectivity index (χ0v) is 14.2. The van der Waals surface area contributed by atoms with Crippen molar-refractivity contribution >= 4 is 27.3 Å². The minimum Gasteiger partial charge on any atom is -0.312 e. The molecule has 1 heterocycles. The molecule has 8 heteroatoms. The molecule has 1 amide bonds. The molecule has 0 bridgehead atoms. The van der Waals surface area contributed by atoms with Gasteiger partial charge in [-0.15, -0.1) is 0 Å². The summed E-state index contributed by atoms with van der Waals surface area (Å²) in [5.41, 5.74) is 1.75. The van der Waals surface area contributed by atoms with Gasteiger partial charge >= 0.3 is 0 Å².